The van der Waals surface area contributed by atoms with E-state index in [4.69, 9.17) is 15.9 Å². The van der Waals surface area contributed by atoms with E-state index in [0.29, 0.717) is 30.2 Å². The van der Waals surface area contributed by atoms with Crippen LogP contribution in [0.3, 0.4) is 0 Å². The average molecular weight is 395 g/mol. The molecule has 1 aliphatic rings. The minimum Gasteiger partial charge on any atom is -0.444 e. The van der Waals surface area contributed by atoms with Crippen molar-refractivity contribution in [3.8, 4) is 0 Å². The Labute approximate surface area is 169 Å². The van der Waals surface area contributed by atoms with Gasteiger partial charge in [-0.05, 0) is 40.5 Å². The van der Waals surface area contributed by atoms with Gasteiger partial charge in [-0.2, -0.15) is 0 Å². The highest BCUT2D eigenvalue weighted by Crippen LogP contribution is 2.22. The Morgan fingerprint density at radius 1 is 1.29 bits per heavy atom. The smallest absolute Gasteiger partial charge is 0.410 e. The van der Waals surface area contributed by atoms with Crippen LogP contribution in [0.25, 0.3) is 0 Å². The molecule has 0 radical (unpaired) electrons. The van der Waals surface area contributed by atoms with E-state index in [-0.39, 0.29) is 18.0 Å². The van der Waals surface area contributed by atoms with Crippen LogP contribution in [0.4, 0.5) is 16.4 Å². The van der Waals surface area contributed by atoms with E-state index in [1.807, 2.05) is 48.5 Å². The number of rotatable bonds is 3. The first-order valence-electron chi connectivity index (χ1n) is 10.1. The van der Waals surface area contributed by atoms with Crippen molar-refractivity contribution < 1.29 is 9.53 Å². The summed E-state index contributed by atoms with van der Waals surface area (Å²) in [6, 6.07) is 0.0265. The summed E-state index contributed by atoms with van der Waals surface area (Å²) in [6.07, 6.45) is 2.84. The molecule has 1 fully saturated rings. The summed E-state index contributed by atoms with van der Waals surface area (Å²) in [5.74, 6) is 0.811. The number of anilines is 2. The van der Waals surface area contributed by atoms with Crippen LogP contribution < -0.4 is 11.1 Å². The molecular weight excluding hydrogens is 356 g/mol. The average Bonchev–Trinajstić information content (AvgIpc) is 2.63. The van der Waals surface area contributed by atoms with E-state index in [9.17, 15) is 4.79 Å². The van der Waals surface area contributed by atoms with E-state index in [2.05, 4.69) is 15.3 Å². The van der Waals surface area contributed by atoms with Crippen molar-refractivity contribution >= 4 is 23.4 Å². The van der Waals surface area contributed by atoms with Gasteiger partial charge in [0.2, 0.25) is 0 Å². The normalized spacial score (nSPS) is 16.0. The summed E-state index contributed by atoms with van der Waals surface area (Å²) in [7, 11) is 0. The monoisotopic (exact) mass is 394 g/mol. The largest absolute Gasteiger partial charge is 0.444 e. The summed E-state index contributed by atoms with van der Waals surface area (Å²) in [6.45, 7) is 16.4. The first-order chi connectivity index (χ1) is 13.2. The third-order valence-electron chi connectivity index (χ3n) is 3.67. The zero-order chi connectivity index (χ0) is 21.9. The van der Waals surface area contributed by atoms with Crippen molar-refractivity contribution in [2.75, 3.05) is 24.1 Å². The van der Waals surface area contributed by atoms with Gasteiger partial charge < -0.3 is 26.1 Å². The Balaban J connectivity index is 0.00000171. The van der Waals surface area contributed by atoms with E-state index >= 15 is 0 Å². The number of carbonyl (C=O) groups is 1. The van der Waals surface area contributed by atoms with Crippen LogP contribution in [0, 0.1) is 5.41 Å². The number of nitrogens with two attached hydrogens (primary N) is 1. The minimum atomic E-state index is -0.511. The van der Waals surface area contributed by atoms with Gasteiger partial charge in [0.1, 0.15) is 23.6 Å². The number of nitrogens with zero attached hydrogens (tertiary/aromatic N) is 3. The standard InChI is InChI=1S/C16H26N6O2.2C2H6/c1-10(17)12-13(18)19-9-20-14(12)21-11-6-5-7-22(8-11)15(23)24-16(2,3)4;2*1-2/h9,11,17H,5-8H2,1-4H3,(H3,18,19,20,21);2*1-2H3. The Morgan fingerprint density at radius 2 is 1.89 bits per heavy atom. The maximum atomic E-state index is 12.2. The molecule has 1 amide bonds. The van der Waals surface area contributed by atoms with Gasteiger partial charge in [-0.1, -0.05) is 27.7 Å². The summed E-state index contributed by atoms with van der Waals surface area (Å²) in [5.41, 5.74) is 6.15. The van der Waals surface area contributed by atoms with Gasteiger partial charge in [0.05, 0.1) is 5.56 Å². The molecule has 2 rings (SSSR count). The molecule has 28 heavy (non-hydrogen) atoms. The first kappa shape index (κ1) is 25.6. The summed E-state index contributed by atoms with van der Waals surface area (Å²) in [4.78, 5) is 22.1. The highest BCUT2D eigenvalue weighted by atomic mass is 16.6. The lowest BCUT2D eigenvalue weighted by atomic mass is 10.1. The second-order valence-corrected chi connectivity index (χ2v) is 7.02. The van der Waals surface area contributed by atoms with Crippen LogP contribution in [0.5, 0.6) is 0 Å². The molecule has 1 unspecified atom stereocenters. The van der Waals surface area contributed by atoms with Crippen molar-refractivity contribution in [3.63, 3.8) is 0 Å². The van der Waals surface area contributed by atoms with Crippen molar-refractivity contribution in [1.82, 2.24) is 14.9 Å². The number of carbonyl (C=O) groups excluding carboxylic acids is 1. The lowest BCUT2D eigenvalue weighted by molar-refractivity contribution is 0.0206. The molecule has 0 spiro atoms. The summed E-state index contributed by atoms with van der Waals surface area (Å²) in [5, 5.41) is 11.2. The highest BCUT2D eigenvalue weighted by molar-refractivity contribution is 6.04. The van der Waals surface area contributed by atoms with Gasteiger partial charge in [-0.25, -0.2) is 14.8 Å². The molecule has 1 atom stereocenters. The van der Waals surface area contributed by atoms with E-state index in [0.717, 1.165) is 12.8 Å². The van der Waals surface area contributed by atoms with Crippen molar-refractivity contribution in [2.45, 2.75) is 79.9 Å². The lowest BCUT2D eigenvalue weighted by Gasteiger charge is -2.34. The van der Waals surface area contributed by atoms with Crippen LogP contribution in [-0.4, -0.2) is 51.4 Å². The quantitative estimate of drug-likeness (QED) is 0.658. The zero-order valence-corrected chi connectivity index (χ0v) is 18.7. The van der Waals surface area contributed by atoms with E-state index in [1.165, 1.54) is 6.33 Å². The van der Waals surface area contributed by atoms with Crippen LogP contribution in [-0.2, 0) is 4.74 Å². The molecule has 160 valence electrons. The molecule has 8 heteroatoms. The minimum absolute atomic E-state index is 0.0265. The molecule has 8 nitrogen and oxygen atoms in total. The predicted molar refractivity (Wildman–Crippen MR) is 116 cm³/mol. The van der Waals surface area contributed by atoms with Crippen LogP contribution in [0.15, 0.2) is 6.33 Å². The second kappa shape index (κ2) is 12.2. The molecule has 1 aliphatic heterocycles. The van der Waals surface area contributed by atoms with Crippen molar-refractivity contribution in [1.29, 1.82) is 5.41 Å². The van der Waals surface area contributed by atoms with Crippen molar-refractivity contribution in [3.05, 3.63) is 11.9 Å². The van der Waals surface area contributed by atoms with Gasteiger partial charge in [0.15, 0.2) is 0 Å². The molecule has 0 aliphatic carbocycles. The number of hydrogen-bond acceptors (Lipinski definition) is 7. The van der Waals surface area contributed by atoms with Crippen LogP contribution in [0.2, 0.25) is 0 Å². The van der Waals surface area contributed by atoms with Crippen molar-refractivity contribution in [2.24, 2.45) is 0 Å². The number of hydrogen-bond donors (Lipinski definition) is 3. The highest BCUT2D eigenvalue weighted by Gasteiger charge is 2.28. The number of likely N-dealkylation sites (tertiary alicyclic amines) is 1. The topological polar surface area (TPSA) is 117 Å². The van der Waals surface area contributed by atoms with Gasteiger partial charge >= 0.3 is 6.09 Å². The Bertz CT molecular complexity index is 628. The van der Waals surface area contributed by atoms with Crippen LogP contribution in [0.1, 0.15) is 73.8 Å². The predicted octanol–water partition coefficient (Wildman–Crippen LogP) is 4.31. The van der Waals surface area contributed by atoms with Crippen LogP contribution >= 0.6 is 0 Å². The molecule has 0 bridgehead atoms. The summed E-state index contributed by atoms with van der Waals surface area (Å²) < 4.78 is 5.44. The van der Waals surface area contributed by atoms with E-state index < -0.39 is 5.60 Å². The molecule has 0 saturated carbocycles. The fourth-order valence-corrected chi connectivity index (χ4v) is 2.66. The van der Waals surface area contributed by atoms with Gasteiger partial charge in [0.25, 0.3) is 0 Å². The molecule has 2 heterocycles. The fraction of sp³-hybridized carbons (Fsp3) is 0.700. The van der Waals surface area contributed by atoms with Gasteiger partial charge in [-0.15, -0.1) is 0 Å². The molecular formula is C20H38N6O2. The number of amides is 1. The Morgan fingerprint density at radius 3 is 2.43 bits per heavy atom. The Hall–Kier alpha value is -2.38. The summed E-state index contributed by atoms with van der Waals surface area (Å²) >= 11 is 0. The molecule has 4 N–H and O–H groups in total. The SMILES string of the molecule is CC.CC.CC(=N)c1c(N)ncnc1NC1CCCN(C(=O)OC(C)(C)C)C1. The first-order valence-corrected chi connectivity index (χ1v) is 10.1. The third-order valence-corrected chi connectivity index (χ3v) is 3.67. The zero-order valence-electron chi connectivity index (χ0n) is 18.7. The number of ether oxygens (including phenoxy) is 1. The van der Waals surface area contributed by atoms with E-state index in [1.54, 1.807) is 11.8 Å². The number of nitrogens with one attached hydrogen (secondary N) is 2. The lowest BCUT2D eigenvalue weighted by Crippen LogP contribution is -2.47. The number of aromatic nitrogens is 2. The molecule has 0 aromatic carbocycles. The molecule has 1 aromatic heterocycles. The van der Waals surface area contributed by atoms with Gasteiger partial charge in [0, 0.05) is 24.8 Å². The fourth-order valence-electron chi connectivity index (χ4n) is 2.66. The van der Waals surface area contributed by atoms with Gasteiger partial charge in [-0.3, -0.25) is 0 Å². The maximum Gasteiger partial charge on any atom is 0.410 e. The number of piperidine rings is 1. The third kappa shape index (κ3) is 8.10. The molecule has 1 saturated heterocycles. The molecule has 1 aromatic rings. The number of nitrogen functional groups attached to an aromatic ring is 1. The Kier molecular flexibility index (Phi) is 11.1. The second-order valence-electron chi connectivity index (χ2n) is 7.02. The maximum absolute atomic E-state index is 12.2.